The molecule has 0 aromatic heterocycles. The van der Waals surface area contributed by atoms with Crippen molar-refractivity contribution in [2.24, 2.45) is 11.7 Å². The largest absolute Gasteiger partial charge is 0.330 e. The zero-order chi connectivity index (χ0) is 11.2. The van der Waals surface area contributed by atoms with Gasteiger partial charge in [0.15, 0.2) is 9.84 Å². The van der Waals surface area contributed by atoms with Crippen LogP contribution in [0.3, 0.4) is 0 Å². The molecule has 0 aliphatic rings. The summed E-state index contributed by atoms with van der Waals surface area (Å²) in [7, 11) is -2.90. The number of sulfone groups is 1. The molecule has 0 aromatic carbocycles. The van der Waals surface area contributed by atoms with E-state index in [1.54, 1.807) is 6.92 Å². The van der Waals surface area contributed by atoms with E-state index >= 15 is 0 Å². The van der Waals surface area contributed by atoms with Gasteiger partial charge in [0, 0.05) is 0 Å². The quantitative estimate of drug-likeness (QED) is 0.710. The average molecular weight is 221 g/mol. The third-order valence-electron chi connectivity index (χ3n) is 2.40. The Kier molecular flexibility index (Phi) is 6.36. The number of rotatable bonds is 7. The van der Waals surface area contributed by atoms with Crippen LogP contribution in [0.15, 0.2) is 0 Å². The van der Waals surface area contributed by atoms with Gasteiger partial charge in [0.2, 0.25) is 0 Å². The van der Waals surface area contributed by atoms with Gasteiger partial charge in [-0.05, 0) is 32.2 Å². The van der Waals surface area contributed by atoms with Crippen LogP contribution in [-0.2, 0) is 9.84 Å². The van der Waals surface area contributed by atoms with Gasteiger partial charge in [0.05, 0.1) is 11.0 Å². The maximum Gasteiger partial charge on any atom is 0.152 e. The van der Waals surface area contributed by atoms with Crippen LogP contribution < -0.4 is 5.73 Å². The van der Waals surface area contributed by atoms with Crippen LogP contribution in [0, 0.1) is 5.92 Å². The summed E-state index contributed by atoms with van der Waals surface area (Å²) in [5.41, 5.74) is 5.34. The molecule has 4 heteroatoms. The Hall–Kier alpha value is -0.0900. The zero-order valence-electron chi connectivity index (χ0n) is 9.49. The SMILES string of the molecule is CC(C)CCCS(=O)(=O)C(C)CCN. The lowest BCUT2D eigenvalue weighted by molar-refractivity contribution is 0.551. The first-order valence-corrected chi connectivity index (χ1v) is 7.03. The molecule has 86 valence electrons. The van der Waals surface area contributed by atoms with Gasteiger partial charge in [-0.3, -0.25) is 0 Å². The molecular weight excluding hydrogens is 198 g/mol. The molecule has 0 saturated carbocycles. The molecule has 0 aromatic rings. The predicted octanol–water partition coefficient (Wildman–Crippen LogP) is 1.57. The smallest absolute Gasteiger partial charge is 0.152 e. The summed E-state index contributed by atoms with van der Waals surface area (Å²) in [5, 5.41) is -0.278. The van der Waals surface area contributed by atoms with Gasteiger partial charge in [-0.1, -0.05) is 20.3 Å². The second-order valence-electron chi connectivity index (χ2n) is 4.29. The Morgan fingerprint density at radius 1 is 1.14 bits per heavy atom. The minimum Gasteiger partial charge on any atom is -0.330 e. The summed E-state index contributed by atoms with van der Waals surface area (Å²) in [4.78, 5) is 0. The monoisotopic (exact) mass is 221 g/mol. The first-order valence-electron chi connectivity index (χ1n) is 5.31. The van der Waals surface area contributed by atoms with Gasteiger partial charge >= 0.3 is 0 Å². The maximum atomic E-state index is 11.6. The highest BCUT2D eigenvalue weighted by Gasteiger charge is 2.19. The number of nitrogens with two attached hydrogens (primary N) is 1. The highest BCUT2D eigenvalue weighted by Crippen LogP contribution is 2.11. The zero-order valence-corrected chi connectivity index (χ0v) is 10.3. The second-order valence-corrected chi connectivity index (χ2v) is 6.83. The van der Waals surface area contributed by atoms with Crippen LogP contribution in [0.4, 0.5) is 0 Å². The Balaban J connectivity index is 3.95. The van der Waals surface area contributed by atoms with E-state index in [1.165, 1.54) is 0 Å². The molecular formula is C10H23NO2S. The third kappa shape index (κ3) is 5.60. The topological polar surface area (TPSA) is 60.2 Å². The summed E-state index contributed by atoms with van der Waals surface area (Å²) in [6, 6.07) is 0. The standard InChI is InChI=1S/C10H23NO2S/c1-9(2)5-4-8-14(12,13)10(3)6-7-11/h9-10H,4-8,11H2,1-3H3. The highest BCUT2D eigenvalue weighted by atomic mass is 32.2. The van der Waals surface area contributed by atoms with Crippen molar-refractivity contribution in [1.29, 1.82) is 0 Å². The summed E-state index contributed by atoms with van der Waals surface area (Å²) in [6.45, 7) is 6.41. The van der Waals surface area contributed by atoms with E-state index in [-0.39, 0.29) is 5.25 Å². The molecule has 0 aliphatic heterocycles. The van der Waals surface area contributed by atoms with Crippen LogP contribution >= 0.6 is 0 Å². The van der Waals surface area contributed by atoms with E-state index < -0.39 is 9.84 Å². The van der Waals surface area contributed by atoms with Gasteiger partial charge in [0.1, 0.15) is 0 Å². The maximum absolute atomic E-state index is 11.6. The van der Waals surface area contributed by atoms with Gasteiger partial charge < -0.3 is 5.73 Å². The van der Waals surface area contributed by atoms with Crippen molar-refractivity contribution >= 4 is 9.84 Å². The predicted molar refractivity (Wildman–Crippen MR) is 61.0 cm³/mol. The molecule has 0 rings (SSSR count). The summed E-state index contributed by atoms with van der Waals surface area (Å²) < 4.78 is 23.3. The molecule has 0 bridgehead atoms. The molecule has 0 spiro atoms. The fourth-order valence-electron chi connectivity index (χ4n) is 1.31. The van der Waals surface area contributed by atoms with Gasteiger partial charge in [-0.25, -0.2) is 8.42 Å². The average Bonchev–Trinajstić information content (AvgIpc) is 2.03. The molecule has 0 amide bonds. The van der Waals surface area contributed by atoms with E-state index in [1.807, 2.05) is 0 Å². The fourth-order valence-corrected chi connectivity index (χ4v) is 2.77. The number of hydrogen-bond acceptors (Lipinski definition) is 3. The molecule has 1 unspecified atom stereocenters. The molecule has 14 heavy (non-hydrogen) atoms. The van der Waals surface area contributed by atoms with Crippen molar-refractivity contribution in [2.45, 2.75) is 45.3 Å². The van der Waals surface area contributed by atoms with Crippen molar-refractivity contribution < 1.29 is 8.42 Å². The van der Waals surface area contributed by atoms with Crippen LogP contribution in [0.5, 0.6) is 0 Å². The van der Waals surface area contributed by atoms with Crippen LogP contribution in [0.25, 0.3) is 0 Å². The van der Waals surface area contributed by atoms with Crippen LogP contribution in [0.2, 0.25) is 0 Å². The Bertz CT molecular complexity index is 235. The van der Waals surface area contributed by atoms with Gasteiger partial charge in [-0.15, -0.1) is 0 Å². The van der Waals surface area contributed by atoms with Crippen molar-refractivity contribution in [3.05, 3.63) is 0 Å². The molecule has 3 nitrogen and oxygen atoms in total. The minimum absolute atomic E-state index is 0.278. The molecule has 0 aliphatic carbocycles. The van der Waals surface area contributed by atoms with E-state index in [0.717, 1.165) is 12.8 Å². The highest BCUT2D eigenvalue weighted by molar-refractivity contribution is 7.91. The lowest BCUT2D eigenvalue weighted by Gasteiger charge is -2.12. The van der Waals surface area contributed by atoms with E-state index in [2.05, 4.69) is 13.8 Å². The van der Waals surface area contributed by atoms with Gasteiger partial charge in [-0.2, -0.15) is 0 Å². The van der Waals surface area contributed by atoms with Gasteiger partial charge in [0.25, 0.3) is 0 Å². The number of hydrogen-bond donors (Lipinski definition) is 1. The van der Waals surface area contributed by atoms with E-state index in [0.29, 0.717) is 24.6 Å². The first kappa shape index (κ1) is 13.9. The molecule has 0 fully saturated rings. The van der Waals surface area contributed by atoms with Crippen molar-refractivity contribution in [3.8, 4) is 0 Å². The van der Waals surface area contributed by atoms with E-state index in [4.69, 9.17) is 5.73 Å². The first-order chi connectivity index (χ1) is 6.40. The summed E-state index contributed by atoms with van der Waals surface area (Å²) >= 11 is 0. The normalized spacial score (nSPS) is 14.6. The molecule has 2 N–H and O–H groups in total. The van der Waals surface area contributed by atoms with E-state index in [9.17, 15) is 8.42 Å². The summed E-state index contributed by atoms with van der Waals surface area (Å²) in [6.07, 6.45) is 2.33. The third-order valence-corrected chi connectivity index (χ3v) is 4.72. The van der Waals surface area contributed by atoms with Crippen molar-refractivity contribution in [3.63, 3.8) is 0 Å². The molecule has 0 radical (unpaired) electrons. The summed E-state index contributed by atoms with van der Waals surface area (Å²) in [5.74, 6) is 0.891. The fraction of sp³-hybridized carbons (Fsp3) is 1.00. The molecule has 0 heterocycles. The molecule has 1 atom stereocenters. The molecule has 0 saturated heterocycles. The lowest BCUT2D eigenvalue weighted by atomic mass is 10.1. The Labute approximate surface area is 88.0 Å². The lowest BCUT2D eigenvalue weighted by Crippen LogP contribution is -2.24. The Morgan fingerprint density at radius 2 is 1.71 bits per heavy atom. The van der Waals surface area contributed by atoms with Crippen LogP contribution in [-0.4, -0.2) is 26.0 Å². The van der Waals surface area contributed by atoms with Crippen molar-refractivity contribution in [1.82, 2.24) is 0 Å². The van der Waals surface area contributed by atoms with Crippen LogP contribution in [0.1, 0.15) is 40.0 Å². The second kappa shape index (κ2) is 6.40. The van der Waals surface area contributed by atoms with Crippen molar-refractivity contribution in [2.75, 3.05) is 12.3 Å². The minimum atomic E-state index is -2.90. The Morgan fingerprint density at radius 3 is 2.14 bits per heavy atom.